The van der Waals surface area contributed by atoms with E-state index in [9.17, 15) is 18.4 Å². The number of anilines is 1. The summed E-state index contributed by atoms with van der Waals surface area (Å²) in [6.07, 6.45) is 1.34. The fraction of sp³-hybridized carbons (Fsp3) is 0.227. The fourth-order valence-corrected chi connectivity index (χ4v) is 3.43. The molecule has 1 aromatic heterocycles. The maximum absolute atomic E-state index is 13.1. The number of carbonyl (C=O) groups excluding carboxylic acids is 1. The average Bonchev–Trinajstić information content (AvgIpc) is 2.76. The summed E-state index contributed by atoms with van der Waals surface area (Å²) in [5.74, 6) is -0.804. The van der Waals surface area contributed by atoms with Crippen LogP contribution in [-0.4, -0.2) is 46.5 Å². The van der Waals surface area contributed by atoms with Gasteiger partial charge in [-0.15, -0.1) is 0 Å². The first-order valence-corrected chi connectivity index (χ1v) is 9.60. The zero-order chi connectivity index (χ0) is 21.1. The third-order valence-electron chi connectivity index (χ3n) is 5.15. The van der Waals surface area contributed by atoms with Crippen LogP contribution >= 0.6 is 0 Å². The molecule has 0 N–H and O–H groups in total. The predicted octanol–water partition coefficient (Wildman–Crippen LogP) is 2.54. The smallest absolute Gasteiger partial charge is 0.254 e. The Balaban J connectivity index is 1.38. The number of rotatable bonds is 4. The molecule has 0 bridgehead atoms. The maximum atomic E-state index is 13.1. The zero-order valence-electron chi connectivity index (χ0n) is 16.2. The highest BCUT2D eigenvalue weighted by Gasteiger charge is 2.22. The molecule has 0 aliphatic carbocycles. The highest BCUT2D eigenvalue weighted by molar-refractivity contribution is 5.76. The lowest BCUT2D eigenvalue weighted by Crippen LogP contribution is -2.50. The monoisotopic (exact) mass is 410 g/mol. The minimum atomic E-state index is -0.364. The van der Waals surface area contributed by atoms with Crippen molar-refractivity contribution in [3.8, 4) is 11.3 Å². The summed E-state index contributed by atoms with van der Waals surface area (Å²) in [5, 5.41) is 0. The Morgan fingerprint density at radius 1 is 0.900 bits per heavy atom. The SMILES string of the molecule is O=C(Cn1cnc(-c2ccc(F)cc2)cc1=O)N1CCN(c2ccc(F)cc2)CC1. The number of aromatic nitrogens is 2. The van der Waals surface area contributed by atoms with Gasteiger partial charge in [-0.05, 0) is 48.5 Å². The van der Waals surface area contributed by atoms with E-state index < -0.39 is 0 Å². The highest BCUT2D eigenvalue weighted by atomic mass is 19.1. The molecule has 154 valence electrons. The van der Waals surface area contributed by atoms with E-state index in [0.29, 0.717) is 37.4 Å². The lowest BCUT2D eigenvalue weighted by atomic mass is 10.1. The van der Waals surface area contributed by atoms with Crippen LogP contribution in [0.2, 0.25) is 0 Å². The minimum absolute atomic E-state index is 0.0912. The van der Waals surface area contributed by atoms with E-state index in [2.05, 4.69) is 9.88 Å². The van der Waals surface area contributed by atoms with Gasteiger partial charge < -0.3 is 9.80 Å². The summed E-state index contributed by atoms with van der Waals surface area (Å²) in [5.41, 5.74) is 1.63. The second kappa shape index (κ2) is 8.44. The van der Waals surface area contributed by atoms with Gasteiger partial charge in [0.15, 0.2) is 0 Å². The fourth-order valence-electron chi connectivity index (χ4n) is 3.43. The van der Waals surface area contributed by atoms with E-state index in [1.807, 2.05) is 0 Å². The molecule has 2 aromatic carbocycles. The number of benzene rings is 2. The summed E-state index contributed by atoms with van der Waals surface area (Å²) in [6.45, 7) is 2.21. The van der Waals surface area contributed by atoms with Crippen LogP contribution in [0.1, 0.15) is 0 Å². The Bertz CT molecular complexity index is 1090. The average molecular weight is 410 g/mol. The summed E-state index contributed by atoms with van der Waals surface area (Å²) in [7, 11) is 0. The van der Waals surface area contributed by atoms with Gasteiger partial charge >= 0.3 is 0 Å². The van der Waals surface area contributed by atoms with Crippen LogP contribution in [0.25, 0.3) is 11.3 Å². The number of carbonyl (C=O) groups is 1. The molecule has 1 aliphatic heterocycles. The van der Waals surface area contributed by atoms with Gasteiger partial charge in [0.2, 0.25) is 5.91 Å². The molecule has 6 nitrogen and oxygen atoms in total. The van der Waals surface area contributed by atoms with Crippen LogP contribution in [-0.2, 0) is 11.3 Å². The third kappa shape index (κ3) is 4.37. The van der Waals surface area contributed by atoms with E-state index in [-0.39, 0.29) is 29.6 Å². The second-order valence-electron chi connectivity index (χ2n) is 7.09. The third-order valence-corrected chi connectivity index (χ3v) is 5.15. The van der Waals surface area contributed by atoms with Crippen molar-refractivity contribution in [1.82, 2.24) is 14.5 Å². The number of amides is 1. The van der Waals surface area contributed by atoms with Crippen molar-refractivity contribution in [3.63, 3.8) is 0 Å². The van der Waals surface area contributed by atoms with Crippen molar-refractivity contribution in [3.05, 3.63) is 82.9 Å². The molecule has 1 amide bonds. The highest BCUT2D eigenvalue weighted by Crippen LogP contribution is 2.17. The standard InChI is InChI=1S/C22H20F2N4O2/c23-17-3-1-16(2-4-17)20-13-21(29)28(15-25-20)14-22(30)27-11-9-26(10-12-27)19-7-5-18(24)6-8-19/h1-8,13,15H,9-12,14H2. The first-order valence-electron chi connectivity index (χ1n) is 9.60. The van der Waals surface area contributed by atoms with Gasteiger partial charge in [0.05, 0.1) is 12.0 Å². The molecule has 1 aliphatic rings. The van der Waals surface area contributed by atoms with Crippen molar-refractivity contribution in [2.24, 2.45) is 0 Å². The number of nitrogens with zero attached hydrogens (tertiary/aromatic N) is 4. The van der Waals surface area contributed by atoms with E-state index in [1.165, 1.54) is 41.2 Å². The molecule has 0 atom stereocenters. The van der Waals surface area contributed by atoms with Crippen LogP contribution in [0.4, 0.5) is 14.5 Å². The van der Waals surface area contributed by atoms with Crippen LogP contribution < -0.4 is 10.5 Å². The molecule has 1 saturated heterocycles. The molecule has 0 saturated carbocycles. The summed E-state index contributed by atoms with van der Waals surface area (Å²) in [4.78, 5) is 33.1. The van der Waals surface area contributed by atoms with Gasteiger partial charge in [0.25, 0.3) is 5.56 Å². The van der Waals surface area contributed by atoms with Crippen molar-refractivity contribution >= 4 is 11.6 Å². The Morgan fingerprint density at radius 3 is 2.10 bits per heavy atom. The molecule has 0 spiro atoms. The molecule has 2 heterocycles. The Morgan fingerprint density at radius 2 is 1.50 bits per heavy atom. The van der Waals surface area contributed by atoms with Crippen LogP contribution in [0.3, 0.4) is 0 Å². The predicted molar refractivity (Wildman–Crippen MR) is 109 cm³/mol. The van der Waals surface area contributed by atoms with E-state index >= 15 is 0 Å². The number of halogens is 2. The first kappa shape index (κ1) is 19.8. The lowest BCUT2D eigenvalue weighted by molar-refractivity contribution is -0.132. The molecule has 0 radical (unpaired) electrons. The Hall–Kier alpha value is -3.55. The first-order chi connectivity index (χ1) is 14.5. The second-order valence-corrected chi connectivity index (χ2v) is 7.09. The van der Waals surface area contributed by atoms with Crippen molar-refractivity contribution < 1.29 is 13.6 Å². The van der Waals surface area contributed by atoms with Gasteiger partial charge in [-0.3, -0.25) is 14.2 Å². The molecule has 0 unspecified atom stereocenters. The summed E-state index contributed by atoms with van der Waals surface area (Å²) < 4.78 is 27.4. The molecule has 30 heavy (non-hydrogen) atoms. The van der Waals surface area contributed by atoms with Crippen molar-refractivity contribution in [1.29, 1.82) is 0 Å². The summed E-state index contributed by atoms with van der Waals surface area (Å²) >= 11 is 0. The number of hydrogen-bond acceptors (Lipinski definition) is 4. The maximum Gasteiger partial charge on any atom is 0.254 e. The molecular weight excluding hydrogens is 390 g/mol. The molecular formula is C22H20F2N4O2. The quantitative estimate of drug-likeness (QED) is 0.663. The van der Waals surface area contributed by atoms with Gasteiger partial charge in [-0.1, -0.05) is 0 Å². The Kier molecular flexibility index (Phi) is 5.56. The van der Waals surface area contributed by atoms with Crippen molar-refractivity contribution in [2.75, 3.05) is 31.1 Å². The normalized spacial score (nSPS) is 14.1. The van der Waals surface area contributed by atoms with Gasteiger partial charge in [-0.2, -0.15) is 0 Å². The van der Waals surface area contributed by atoms with E-state index in [0.717, 1.165) is 5.69 Å². The summed E-state index contributed by atoms with van der Waals surface area (Å²) in [6, 6.07) is 13.3. The topological polar surface area (TPSA) is 58.4 Å². The van der Waals surface area contributed by atoms with Gasteiger partial charge in [0.1, 0.15) is 18.2 Å². The minimum Gasteiger partial charge on any atom is -0.368 e. The van der Waals surface area contributed by atoms with E-state index in [1.54, 1.807) is 29.2 Å². The Labute approximate surface area is 172 Å². The lowest BCUT2D eigenvalue weighted by Gasteiger charge is -2.36. The molecule has 1 fully saturated rings. The number of piperazine rings is 1. The van der Waals surface area contributed by atoms with Crippen LogP contribution in [0.5, 0.6) is 0 Å². The van der Waals surface area contributed by atoms with Crippen LogP contribution in [0, 0.1) is 11.6 Å². The molecule has 3 aromatic rings. The molecule has 8 heteroatoms. The van der Waals surface area contributed by atoms with E-state index in [4.69, 9.17) is 0 Å². The van der Waals surface area contributed by atoms with Crippen LogP contribution in [0.15, 0.2) is 65.7 Å². The largest absolute Gasteiger partial charge is 0.368 e. The van der Waals surface area contributed by atoms with Gasteiger partial charge in [0, 0.05) is 43.5 Å². The molecule has 4 rings (SSSR count). The number of hydrogen-bond donors (Lipinski definition) is 0. The van der Waals surface area contributed by atoms with Crippen molar-refractivity contribution in [2.45, 2.75) is 6.54 Å². The van der Waals surface area contributed by atoms with Gasteiger partial charge in [-0.25, -0.2) is 13.8 Å². The zero-order valence-corrected chi connectivity index (χ0v) is 16.2.